The predicted octanol–water partition coefficient (Wildman–Crippen LogP) is 1.96. The van der Waals surface area contributed by atoms with E-state index in [-0.39, 0.29) is 6.61 Å². The highest BCUT2D eigenvalue weighted by Gasteiger charge is 2.04. The summed E-state index contributed by atoms with van der Waals surface area (Å²) < 4.78 is 5.24. The second kappa shape index (κ2) is 8.02. The number of rotatable bonds is 7. The van der Waals surface area contributed by atoms with Crippen LogP contribution in [0.1, 0.15) is 39.0 Å². The van der Waals surface area contributed by atoms with Gasteiger partial charge in [0.25, 0.3) is 0 Å². The second-order valence-electron chi connectivity index (χ2n) is 2.87. The van der Waals surface area contributed by atoms with Crippen molar-refractivity contribution in [2.45, 2.75) is 45.1 Å². The van der Waals surface area contributed by atoms with Crippen molar-refractivity contribution in [3.05, 3.63) is 0 Å². The van der Waals surface area contributed by atoms with Crippen LogP contribution in [-0.2, 0) is 4.74 Å². The van der Waals surface area contributed by atoms with Crippen LogP contribution < -0.4 is 0 Å². The van der Waals surface area contributed by atoms with Crippen LogP contribution in [0.25, 0.3) is 0 Å². The molecule has 0 spiro atoms. The summed E-state index contributed by atoms with van der Waals surface area (Å²) in [5.74, 6) is 0. The van der Waals surface area contributed by atoms with Crippen molar-refractivity contribution < 1.29 is 9.84 Å². The van der Waals surface area contributed by atoms with Gasteiger partial charge in [-0.25, -0.2) is 0 Å². The summed E-state index contributed by atoms with van der Waals surface area (Å²) >= 11 is 0. The van der Waals surface area contributed by atoms with Crippen molar-refractivity contribution in [1.82, 2.24) is 0 Å². The first-order valence-electron chi connectivity index (χ1n) is 4.48. The molecule has 0 aliphatic heterocycles. The second-order valence-corrected chi connectivity index (χ2v) is 2.87. The maximum Gasteiger partial charge on any atom is 0.0572 e. The van der Waals surface area contributed by atoms with E-state index in [2.05, 4.69) is 6.92 Å². The number of methoxy groups -OCH3 is 1. The van der Waals surface area contributed by atoms with Crippen LogP contribution in [0.4, 0.5) is 0 Å². The minimum absolute atomic E-state index is 0.284. The SMILES string of the molecule is CCCCC(CCCO)OC. The van der Waals surface area contributed by atoms with Crippen molar-refractivity contribution in [3.63, 3.8) is 0 Å². The molecular weight excluding hydrogens is 140 g/mol. The normalized spacial score (nSPS) is 13.4. The highest BCUT2D eigenvalue weighted by atomic mass is 16.5. The van der Waals surface area contributed by atoms with E-state index < -0.39 is 0 Å². The summed E-state index contributed by atoms with van der Waals surface area (Å²) in [7, 11) is 1.75. The molecule has 1 unspecified atom stereocenters. The lowest BCUT2D eigenvalue weighted by molar-refractivity contribution is 0.0792. The van der Waals surface area contributed by atoms with Gasteiger partial charge in [-0.05, 0) is 19.3 Å². The summed E-state index contributed by atoms with van der Waals surface area (Å²) in [4.78, 5) is 0. The van der Waals surface area contributed by atoms with E-state index in [4.69, 9.17) is 9.84 Å². The van der Waals surface area contributed by atoms with Gasteiger partial charge in [0.05, 0.1) is 6.10 Å². The van der Waals surface area contributed by atoms with Crippen LogP contribution in [0.3, 0.4) is 0 Å². The third-order valence-electron chi connectivity index (χ3n) is 1.90. The van der Waals surface area contributed by atoms with Crippen molar-refractivity contribution in [1.29, 1.82) is 0 Å². The fraction of sp³-hybridized carbons (Fsp3) is 1.00. The Morgan fingerprint density at radius 2 is 1.91 bits per heavy atom. The van der Waals surface area contributed by atoms with Crippen LogP contribution in [0.2, 0.25) is 0 Å². The molecule has 2 heteroatoms. The number of unbranched alkanes of at least 4 members (excludes halogenated alkanes) is 1. The quantitative estimate of drug-likeness (QED) is 0.617. The molecule has 68 valence electrons. The first-order valence-corrected chi connectivity index (χ1v) is 4.48. The van der Waals surface area contributed by atoms with Gasteiger partial charge in [-0.1, -0.05) is 19.8 Å². The summed E-state index contributed by atoms with van der Waals surface area (Å²) in [6, 6.07) is 0. The van der Waals surface area contributed by atoms with Crippen molar-refractivity contribution in [3.8, 4) is 0 Å². The summed E-state index contributed by atoms with van der Waals surface area (Å²) in [6.45, 7) is 2.46. The number of hydrogen-bond donors (Lipinski definition) is 1. The van der Waals surface area contributed by atoms with Gasteiger partial charge in [0, 0.05) is 13.7 Å². The first-order chi connectivity index (χ1) is 5.35. The lowest BCUT2D eigenvalue weighted by Gasteiger charge is -2.13. The van der Waals surface area contributed by atoms with Gasteiger partial charge in [0.1, 0.15) is 0 Å². The van der Waals surface area contributed by atoms with Gasteiger partial charge in [0.15, 0.2) is 0 Å². The van der Waals surface area contributed by atoms with Gasteiger partial charge in [-0.15, -0.1) is 0 Å². The fourth-order valence-corrected chi connectivity index (χ4v) is 1.13. The Labute approximate surface area is 69.6 Å². The number of hydrogen-bond acceptors (Lipinski definition) is 2. The molecule has 0 rings (SSSR count). The van der Waals surface area contributed by atoms with Crippen LogP contribution in [-0.4, -0.2) is 24.9 Å². The standard InChI is InChI=1S/C9H20O2/c1-3-4-6-9(11-2)7-5-8-10/h9-10H,3-8H2,1-2H3. The Morgan fingerprint density at radius 3 is 2.36 bits per heavy atom. The third kappa shape index (κ3) is 6.32. The highest BCUT2D eigenvalue weighted by molar-refractivity contribution is 4.56. The van der Waals surface area contributed by atoms with Crippen LogP contribution in [0.5, 0.6) is 0 Å². The van der Waals surface area contributed by atoms with E-state index in [1.165, 1.54) is 12.8 Å². The van der Waals surface area contributed by atoms with E-state index in [1.54, 1.807) is 7.11 Å². The minimum atomic E-state index is 0.284. The lowest BCUT2D eigenvalue weighted by Crippen LogP contribution is -2.10. The molecule has 0 aliphatic rings. The molecule has 0 fully saturated rings. The molecule has 1 atom stereocenters. The minimum Gasteiger partial charge on any atom is -0.396 e. The molecule has 0 aromatic carbocycles. The van der Waals surface area contributed by atoms with Gasteiger partial charge in [-0.3, -0.25) is 0 Å². The molecule has 2 nitrogen and oxygen atoms in total. The van der Waals surface area contributed by atoms with Gasteiger partial charge < -0.3 is 9.84 Å². The summed E-state index contributed by atoms with van der Waals surface area (Å²) in [6.07, 6.45) is 5.80. The molecule has 0 saturated carbocycles. The number of aliphatic hydroxyl groups is 1. The molecule has 0 saturated heterocycles. The van der Waals surface area contributed by atoms with Crippen molar-refractivity contribution >= 4 is 0 Å². The molecule has 0 heterocycles. The molecular formula is C9H20O2. The van der Waals surface area contributed by atoms with Gasteiger partial charge in [0.2, 0.25) is 0 Å². The van der Waals surface area contributed by atoms with Gasteiger partial charge in [-0.2, -0.15) is 0 Å². The average molecular weight is 160 g/mol. The summed E-state index contributed by atoms with van der Waals surface area (Å²) in [5.41, 5.74) is 0. The Kier molecular flexibility index (Phi) is 7.96. The summed E-state index contributed by atoms with van der Waals surface area (Å²) in [5, 5.41) is 8.58. The average Bonchev–Trinajstić information content (AvgIpc) is 2.05. The van der Waals surface area contributed by atoms with Crippen LogP contribution in [0, 0.1) is 0 Å². The van der Waals surface area contributed by atoms with Crippen molar-refractivity contribution in [2.24, 2.45) is 0 Å². The smallest absolute Gasteiger partial charge is 0.0572 e. The molecule has 0 bridgehead atoms. The zero-order chi connectivity index (χ0) is 8.53. The van der Waals surface area contributed by atoms with E-state index >= 15 is 0 Å². The largest absolute Gasteiger partial charge is 0.396 e. The topological polar surface area (TPSA) is 29.5 Å². The molecule has 0 amide bonds. The lowest BCUT2D eigenvalue weighted by atomic mass is 10.1. The molecule has 0 aromatic heterocycles. The Morgan fingerprint density at radius 1 is 1.27 bits per heavy atom. The first kappa shape index (κ1) is 10.9. The van der Waals surface area contributed by atoms with E-state index in [0.717, 1.165) is 19.3 Å². The number of ether oxygens (including phenoxy) is 1. The molecule has 0 aliphatic carbocycles. The van der Waals surface area contributed by atoms with E-state index in [0.29, 0.717) is 6.10 Å². The Bertz CT molecular complexity index is 66.0. The monoisotopic (exact) mass is 160 g/mol. The van der Waals surface area contributed by atoms with Crippen molar-refractivity contribution in [2.75, 3.05) is 13.7 Å². The third-order valence-corrected chi connectivity index (χ3v) is 1.90. The fourth-order valence-electron chi connectivity index (χ4n) is 1.13. The maximum atomic E-state index is 8.58. The van der Waals surface area contributed by atoms with E-state index in [9.17, 15) is 0 Å². The molecule has 1 N–H and O–H groups in total. The zero-order valence-electron chi connectivity index (χ0n) is 7.68. The Balaban J connectivity index is 3.25. The van der Waals surface area contributed by atoms with Crippen LogP contribution in [0.15, 0.2) is 0 Å². The highest BCUT2D eigenvalue weighted by Crippen LogP contribution is 2.09. The van der Waals surface area contributed by atoms with Gasteiger partial charge >= 0.3 is 0 Å². The van der Waals surface area contributed by atoms with E-state index in [1.807, 2.05) is 0 Å². The number of aliphatic hydroxyl groups excluding tert-OH is 1. The predicted molar refractivity (Wildman–Crippen MR) is 46.6 cm³/mol. The maximum absolute atomic E-state index is 8.58. The zero-order valence-corrected chi connectivity index (χ0v) is 7.68. The molecule has 0 aromatic rings. The molecule has 0 radical (unpaired) electrons. The molecule has 11 heavy (non-hydrogen) atoms. The Hall–Kier alpha value is -0.0800. The van der Waals surface area contributed by atoms with Crippen LogP contribution >= 0.6 is 0 Å².